The van der Waals surface area contributed by atoms with Crippen molar-refractivity contribution in [3.05, 3.63) is 30.0 Å². The minimum atomic E-state index is -0.278. The van der Waals surface area contributed by atoms with Gasteiger partial charge in [0.05, 0.1) is 13.2 Å². The van der Waals surface area contributed by atoms with Gasteiger partial charge in [-0.25, -0.2) is 0 Å². The molecule has 0 bridgehead atoms. The lowest BCUT2D eigenvalue weighted by Crippen LogP contribution is -2.34. The number of hydrogen-bond acceptors (Lipinski definition) is 3. The van der Waals surface area contributed by atoms with Crippen LogP contribution in [0.25, 0.3) is 10.9 Å². The Balaban J connectivity index is 1.64. The number of nitrogen functional groups attached to an aromatic ring is 1. The monoisotopic (exact) mass is 286 g/mol. The topological polar surface area (TPSA) is 49.4 Å². The first-order chi connectivity index (χ1) is 10.2. The highest BCUT2D eigenvalue weighted by Gasteiger charge is 2.40. The summed E-state index contributed by atoms with van der Waals surface area (Å²) in [5, 5.41) is 1.30. The van der Waals surface area contributed by atoms with Crippen molar-refractivity contribution in [2.45, 2.75) is 37.4 Å². The molecule has 1 aliphatic heterocycles. The summed E-state index contributed by atoms with van der Waals surface area (Å²) in [5.41, 5.74) is 9.50. The molecule has 2 heterocycles. The highest BCUT2D eigenvalue weighted by Crippen LogP contribution is 2.44. The number of nitrogens with zero attached hydrogens (tertiary/aromatic N) is 1. The maximum Gasteiger partial charge on any atom is 0.168 e. The van der Waals surface area contributed by atoms with Crippen LogP contribution in [0.4, 0.5) is 5.69 Å². The normalized spacial score (nSPS) is 22.3. The van der Waals surface area contributed by atoms with Crippen molar-refractivity contribution >= 4 is 16.6 Å². The molecule has 0 amide bonds. The van der Waals surface area contributed by atoms with E-state index in [2.05, 4.69) is 29.9 Å². The highest BCUT2D eigenvalue weighted by atomic mass is 16.7. The van der Waals surface area contributed by atoms with Crippen LogP contribution < -0.4 is 5.73 Å². The molecule has 1 aromatic carbocycles. The van der Waals surface area contributed by atoms with Gasteiger partial charge in [-0.05, 0) is 42.5 Å². The van der Waals surface area contributed by atoms with Crippen LogP contribution in [0.1, 0.15) is 37.2 Å². The Morgan fingerprint density at radius 3 is 2.62 bits per heavy atom. The minimum absolute atomic E-state index is 0.278. The number of benzene rings is 1. The largest absolute Gasteiger partial charge is 0.399 e. The molecule has 1 saturated carbocycles. The molecule has 0 unspecified atom stereocenters. The van der Waals surface area contributed by atoms with Gasteiger partial charge in [-0.1, -0.05) is 0 Å². The van der Waals surface area contributed by atoms with Crippen molar-refractivity contribution in [2.24, 2.45) is 7.05 Å². The summed E-state index contributed by atoms with van der Waals surface area (Å²) >= 11 is 0. The average Bonchev–Trinajstić information content (AvgIpc) is 3.06. The van der Waals surface area contributed by atoms with Gasteiger partial charge in [0.2, 0.25) is 0 Å². The van der Waals surface area contributed by atoms with Crippen molar-refractivity contribution in [1.82, 2.24) is 4.57 Å². The van der Waals surface area contributed by atoms with Gasteiger partial charge in [0.15, 0.2) is 5.79 Å². The van der Waals surface area contributed by atoms with E-state index in [-0.39, 0.29) is 5.79 Å². The van der Waals surface area contributed by atoms with E-state index in [4.69, 9.17) is 15.2 Å². The molecule has 21 heavy (non-hydrogen) atoms. The summed E-state index contributed by atoms with van der Waals surface area (Å²) in [6, 6.07) is 6.20. The fraction of sp³-hybridized carbons (Fsp3) is 0.529. The second kappa shape index (κ2) is 4.75. The van der Waals surface area contributed by atoms with Crippen LogP contribution in [0.15, 0.2) is 24.4 Å². The van der Waals surface area contributed by atoms with Gasteiger partial charge < -0.3 is 19.8 Å². The number of anilines is 1. The molecule has 4 nitrogen and oxygen atoms in total. The zero-order valence-corrected chi connectivity index (χ0v) is 12.5. The molecule has 4 heteroatoms. The van der Waals surface area contributed by atoms with Crippen LogP contribution in [-0.4, -0.2) is 23.6 Å². The summed E-state index contributed by atoms with van der Waals surface area (Å²) in [7, 11) is 2.11. The second-order valence-corrected chi connectivity index (χ2v) is 6.35. The molecule has 0 atom stereocenters. The van der Waals surface area contributed by atoms with Crippen LogP contribution in [-0.2, 0) is 16.5 Å². The lowest BCUT2D eigenvalue weighted by molar-refractivity contribution is -0.178. The van der Waals surface area contributed by atoms with E-state index in [9.17, 15) is 0 Å². The van der Waals surface area contributed by atoms with Crippen LogP contribution in [0, 0.1) is 0 Å². The maximum absolute atomic E-state index is 5.98. The highest BCUT2D eigenvalue weighted by molar-refractivity contribution is 5.87. The van der Waals surface area contributed by atoms with E-state index >= 15 is 0 Å². The molecule has 112 valence electrons. The lowest BCUT2D eigenvalue weighted by atomic mass is 9.81. The Bertz CT molecular complexity index is 661. The van der Waals surface area contributed by atoms with Gasteiger partial charge >= 0.3 is 0 Å². The van der Waals surface area contributed by atoms with E-state index in [1.165, 1.54) is 16.5 Å². The summed E-state index contributed by atoms with van der Waals surface area (Å²) in [6.45, 7) is 1.49. The number of aryl methyl sites for hydroxylation is 1. The molecular weight excluding hydrogens is 264 g/mol. The molecule has 1 aliphatic carbocycles. The van der Waals surface area contributed by atoms with Crippen molar-refractivity contribution in [3.8, 4) is 0 Å². The zero-order chi connectivity index (χ0) is 14.4. The predicted molar refractivity (Wildman–Crippen MR) is 83.2 cm³/mol. The standard InChI is InChI=1S/C17H22N2O2/c1-19-11-15(14-10-13(18)2-3-16(14)19)12-4-6-17(7-5-12)20-8-9-21-17/h2-3,10-12H,4-9,18H2,1H3. The van der Waals surface area contributed by atoms with Crippen LogP contribution in [0.3, 0.4) is 0 Å². The number of fused-ring (bicyclic) bond motifs is 1. The lowest BCUT2D eigenvalue weighted by Gasteiger charge is -2.35. The first-order valence-electron chi connectivity index (χ1n) is 7.79. The average molecular weight is 286 g/mol. The van der Waals surface area contributed by atoms with Gasteiger partial charge in [0, 0.05) is 42.7 Å². The Kier molecular flexibility index (Phi) is 2.98. The van der Waals surface area contributed by atoms with Gasteiger partial charge in [0.25, 0.3) is 0 Å². The maximum atomic E-state index is 5.98. The molecule has 0 radical (unpaired) electrons. The van der Waals surface area contributed by atoms with Crippen LogP contribution >= 0.6 is 0 Å². The summed E-state index contributed by atoms with van der Waals surface area (Å²) in [5.74, 6) is 0.300. The smallest absolute Gasteiger partial charge is 0.168 e. The molecule has 1 aromatic heterocycles. The molecule has 2 aromatic rings. The summed E-state index contributed by atoms with van der Waals surface area (Å²) in [6.07, 6.45) is 6.50. The summed E-state index contributed by atoms with van der Waals surface area (Å²) < 4.78 is 13.9. The zero-order valence-electron chi connectivity index (χ0n) is 12.5. The molecular formula is C17H22N2O2. The quantitative estimate of drug-likeness (QED) is 0.819. The number of aromatic nitrogens is 1. The molecule has 1 saturated heterocycles. The van der Waals surface area contributed by atoms with Crippen molar-refractivity contribution in [2.75, 3.05) is 18.9 Å². The number of rotatable bonds is 1. The van der Waals surface area contributed by atoms with E-state index in [0.29, 0.717) is 5.92 Å². The Hall–Kier alpha value is -1.52. The van der Waals surface area contributed by atoms with Gasteiger partial charge in [-0.15, -0.1) is 0 Å². The van der Waals surface area contributed by atoms with E-state index in [0.717, 1.165) is 44.6 Å². The van der Waals surface area contributed by atoms with Crippen molar-refractivity contribution in [1.29, 1.82) is 0 Å². The van der Waals surface area contributed by atoms with Crippen molar-refractivity contribution < 1.29 is 9.47 Å². The third-order valence-corrected chi connectivity index (χ3v) is 5.05. The van der Waals surface area contributed by atoms with Gasteiger partial charge in [0.1, 0.15) is 0 Å². The molecule has 2 N–H and O–H groups in total. The first-order valence-corrected chi connectivity index (χ1v) is 7.79. The molecule has 2 aliphatic rings. The first kappa shape index (κ1) is 13.2. The van der Waals surface area contributed by atoms with Gasteiger partial charge in [-0.2, -0.15) is 0 Å². The molecule has 2 fully saturated rings. The van der Waals surface area contributed by atoms with Crippen LogP contribution in [0.2, 0.25) is 0 Å². The van der Waals surface area contributed by atoms with E-state index in [1.54, 1.807) is 0 Å². The number of ether oxygens (including phenoxy) is 2. The number of nitrogens with two attached hydrogens (primary N) is 1. The number of hydrogen-bond donors (Lipinski definition) is 1. The Morgan fingerprint density at radius 1 is 1.19 bits per heavy atom. The van der Waals surface area contributed by atoms with Crippen LogP contribution in [0.5, 0.6) is 0 Å². The SMILES string of the molecule is Cn1cc(C2CCC3(CC2)OCCO3)c2cc(N)ccc21. The summed E-state index contributed by atoms with van der Waals surface area (Å²) in [4.78, 5) is 0. The van der Waals surface area contributed by atoms with Crippen molar-refractivity contribution in [3.63, 3.8) is 0 Å². The fourth-order valence-corrected chi connectivity index (χ4v) is 3.92. The van der Waals surface area contributed by atoms with E-state index < -0.39 is 0 Å². The second-order valence-electron chi connectivity index (χ2n) is 6.35. The third-order valence-electron chi connectivity index (χ3n) is 5.05. The van der Waals surface area contributed by atoms with E-state index in [1.807, 2.05) is 6.07 Å². The minimum Gasteiger partial charge on any atom is -0.399 e. The molecule has 1 spiro atoms. The molecule has 4 rings (SSSR count). The van der Waals surface area contributed by atoms with Gasteiger partial charge in [-0.3, -0.25) is 0 Å². The fourth-order valence-electron chi connectivity index (χ4n) is 3.92. The Morgan fingerprint density at radius 2 is 1.90 bits per heavy atom. The third kappa shape index (κ3) is 2.14. The Labute approximate surface area is 124 Å². The predicted octanol–water partition coefficient (Wildman–Crippen LogP) is 3.16.